The molecule has 0 aromatic rings. The fourth-order valence-corrected chi connectivity index (χ4v) is 3.09. The van der Waals surface area contributed by atoms with Crippen LogP contribution in [-0.2, 0) is 0 Å². The molecule has 0 bridgehead atoms. The average Bonchev–Trinajstić information content (AvgIpc) is 2.65. The van der Waals surface area contributed by atoms with Crippen molar-refractivity contribution < 1.29 is 0 Å². The van der Waals surface area contributed by atoms with Crippen molar-refractivity contribution in [2.75, 3.05) is 0 Å². The molecule has 0 aliphatic heterocycles. The van der Waals surface area contributed by atoms with Crippen LogP contribution in [0.25, 0.3) is 0 Å². The van der Waals surface area contributed by atoms with Crippen LogP contribution < -0.4 is 0 Å². The SMILES string of the molecule is C/C1=C/CC/C(C)=C/[C@@H]2[C@@H](CC1)C2(C)C. The fourth-order valence-electron chi connectivity index (χ4n) is 3.09. The maximum atomic E-state index is 2.55. The standard InChI is InChI=1S/C15H24/c1-11-6-5-7-12(2)10-14-13(9-8-11)15(14,3)4/h6,10,13-14H,5,7-9H2,1-4H3/b11-6-,12-10+/t13-,14-/m1/s1. The highest BCUT2D eigenvalue weighted by molar-refractivity contribution is 5.19. The number of hydrogen-bond acceptors (Lipinski definition) is 0. The first-order chi connectivity index (χ1) is 7.01. The molecule has 0 amide bonds. The Hall–Kier alpha value is -0.520. The second kappa shape index (κ2) is 3.81. The van der Waals surface area contributed by atoms with Gasteiger partial charge in [0.05, 0.1) is 0 Å². The fraction of sp³-hybridized carbons (Fsp3) is 0.733. The maximum absolute atomic E-state index is 2.55. The molecule has 0 radical (unpaired) electrons. The normalized spacial score (nSPS) is 41.9. The summed E-state index contributed by atoms with van der Waals surface area (Å²) in [5.74, 6) is 1.80. The summed E-state index contributed by atoms with van der Waals surface area (Å²) in [6.07, 6.45) is 10.2. The number of allylic oxidation sites excluding steroid dienone is 4. The van der Waals surface area contributed by atoms with Gasteiger partial charge in [-0.1, -0.05) is 37.1 Å². The molecule has 0 heterocycles. The van der Waals surface area contributed by atoms with E-state index in [0.29, 0.717) is 5.41 Å². The molecule has 0 nitrogen and oxygen atoms in total. The average molecular weight is 204 g/mol. The first kappa shape index (κ1) is 11.0. The molecule has 0 aromatic heterocycles. The van der Waals surface area contributed by atoms with Crippen LogP contribution in [0.15, 0.2) is 23.3 Å². The Balaban J connectivity index is 2.13. The third-order valence-corrected chi connectivity index (χ3v) is 4.48. The lowest BCUT2D eigenvalue weighted by Gasteiger charge is -2.05. The summed E-state index contributed by atoms with van der Waals surface area (Å²) in [6.45, 7) is 9.47. The highest BCUT2D eigenvalue weighted by Gasteiger charge is 2.55. The minimum absolute atomic E-state index is 0.575. The predicted molar refractivity (Wildman–Crippen MR) is 66.7 cm³/mol. The molecule has 2 atom stereocenters. The van der Waals surface area contributed by atoms with E-state index in [1.165, 1.54) is 25.7 Å². The second-order valence-corrected chi connectivity index (χ2v) is 6.09. The van der Waals surface area contributed by atoms with Crippen LogP contribution in [0.5, 0.6) is 0 Å². The van der Waals surface area contributed by atoms with Crippen molar-refractivity contribution >= 4 is 0 Å². The van der Waals surface area contributed by atoms with Gasteiger partial charge in [-0.05, 0) is 56.8 Å². The van der Waals surface area contributed by atoms with Crippen LogP contribution in [0, 0.1) is 17.3 Å². The third kappa shape index (κ3) is 2.19. The van der Waals surface area contributed by atoms with E-state index >= 15 is 0 Å². The van der Waals surface area contributed by atoms with Crippen LogP contribution in [-0.4, -0.2) is 0 Å². The zero-order valence-corrected chi connectivity index (χ0v) is 10.6. The molecule has 0 unspecified atom stereocenters. The molecule has 84 valence electrons. The minimum atomic E-state index is 0.575. The number of fused-ring (bicyclic) bond motifs is 1. The molecule has 2 rings (SSSR count). The van der Waals surface area contributed by atoms with E-state index in [2.05, 4.69) is 39.8 Å². The van der Waals surface area contributed by atoms with Gasteiger partial charge in [0.25, 0.3) is 0 Å². The molecule has 0 spiro atoms. The summed E-state index contributed by atoms with van der Waals surface area (Å²) in [6, 6.07) is 0. The first-order valence-electron chi connectivity index (χ1n) is 6.34. The molecule has 0 heteroatoms. The van der Waals surface area contributed by atoms with Gasteiger partial charge in [0.1, 0.15) is 0 Å². The molecule has 2 aliphatic carbocycles. The van der Waals surface area contributed by atoms with Crippen LogP contribution >= 0.6 is 0 Å². The van der Waals surface area contributed by atoms with E-state index in [1.807, 2.05) is 0 Å². The highest BCUT2D eigenvalue weighted by Crippen LogP contribution is 2.61. The number of hydrogen-bond donors (Lipinski definition) is 0. The lowest BCUT2D eigenvalue weighted by atomic mass is 10.0. The summed E-state index contributed by atoms with van der Waals surface area (Å²) >= 11 is 0. The van der Waals surface area contributed by atoms with Gasteiger partial charge in [0, 0.05) is 0 Å². The van der Waals surface area contributed by atoms with Gasteiger partial charge in [-0.2, -0.15) is 0 Å². The summed E-state index contributed by atoms with van der Waals surface area (Å²) in [4.78, 5) is 0. The topological polar surface area (TPSA) is 0 Å². The van der Waals surface area contributed by atoms with Gasteiger partial charge in [-0.15, -0.1) is 0 Å². The van der Waals surface area contributed by atoms with Crippen molar-refractivity contribution in [3.05, 3.63) is 23.3 Å². The van der Waals surface area contributed by atoms with Gasteiger partial charge in [-0.3, -0.25) is 0 Å². The van der Waals surface area contributed by atoms with Gasteiger partial charge >= 0.3 is 0 Å². The van der Waals surface area contributed by atoms with Crippen molar-refractivity contribution in [1.82, 2.24) is 0 Å². The Labute approximate surface area is 94.5 Å². The van der Waals surface area contributed by atoms with Crippen LogP contribution in [0.2, 0.25) is 0 Å². The lowest BCUT2D eigenvalue weighted by molar-refractivity contribution is 0.528. The Morgan fingerprint density at radius 2 is 1.87 bits per heavy atom. The van der Waals surface area contributed by atoms with E-state index in [0.717, 1.165) is 11.8 Å². The lowest BCUT2D eigenvalue weighted by Crippen LogP contribution is -1.90. The van der Waals surface area contributed by atoms with E-state index in [9.17, 15) is 0 Å². The quantitative estimate of drug-likeness (QED) is 0.501. The van der Waals surface area contributed by atoms with Crippen LogP contribution in [0.4, 0.5) is 0 Å². The summed E-state index contributed by atoms with van der Waals surface area (Å²) in [7, 11) is 0. The molecular weight excluding hydrogens is 180 g/mol. The van der Waals surface area contributed by atoms with Crippen LogP contribution in [0.1, 0.15) is 53.4 Å². The van der Waals surface area contributed by atoms with Crippen molar-refractivity contribution in [2.45, 2.75) is 53.4 Å². The Kier molecular flexibility index (Phi) is 2.79. The molecular formula is C15H24. The molecule has 15 heavy (non-hydrogen) atoms. The van der Waals surface area contributed by atoms with Gasteiger partial charge in [0.15, 0.2) is 0 Å². The molecule has 2 aliphatic rings. The van der Waals surface area contributed by atoms with E-state index in [-0.39, 0.29) is 0 Å². The molecule has 0 aromatic carbocycles. The van der Waals surface area contributed by atoms with Gasteiger partial charge in [0.2, 0.25) is 0 Å². The summed E-state index contributed by atoms with van der Waals surface area (Å²) < 4.78 is 0. The van der Waals surface area contributed by atoms with Crippen LogP contribution in [0.3, 0.4) is 0 Å². The van der Waals surface area contributed by atoms with Crippen molar-refractivity contribution in [3.63, 3.8) is 0 Å². The zero-order chi connectivity index (χ0) is 11.1. The minimum Gasteiger partial charge on any atom is -0.0853 e. The Bertz CT molecular complexity index is 304. The zero-order valence-electron chi connectivity index (χ0n) is 10.6. The third-order valence-electron chi connectivity index (χ3n) is 4.48. The first-order valence-corrected chi connectivity index (χ1v) is 6.34. The van der Waals surface area contributed by atoms with Crippen molar-refractivity contribution in [1.29, 1.82) is 0 Å². The Morgan fingerprint density at radius 3 is 2.60 bits per heavy atom. The maximum Gasteiger partial charge on any atom is -0.0143 e. The van der Waals surface area contributed by atoms with Crippen molar-refractivity contribution in [3.8, 4) is 0 Å². The molecule has 0 N–H and O–H groups in total. The largest absolute Gasteiger partial charge is 0.0853 e. The molecule has 1 fully saturated rings. The monoisotopic (exact) mass is 204 g/mol. The highest BCUT2D eigenvalue weighted by atomic mass is 14.6. The van der Waals surface area contributed by atoms with Crippen molar-refractivity contribution in [2.24, 2.45) is 17.3 Å². The van der Waals surface area contributed by atoms with E-state index in [4.69, 9.17) is 0 Å². The predicted octanol–water partition coefficient (Wildman–Crippen LogP) is 4.73. The second-order valence-electron chi connectivity index (χ2n) is 6.09. The van der Waals surface area contributed by atoms with E-state index < -0.39 is 0 Å². The molecule has 0 saturated heterocycles. The van der Waals surface area contributed by atoms with E-state index in [1.54, 1.807) is 11.1 Å². The summed E-state index contributed by atoms with van der Waals surface area (Å²) in [5.41, 5.74) is 3.78. The smallest absolute Gasteiger partial charge is 0.0143 e. The Morgan fingerprint density at radius 1 is 1.13 bits per heavy atom. The van der Waals surface area contributed by atoms with Gasteiger partial charge < -0.3 is 0 Å². The van der Waals surface area contributed by atoms with Gasteiger partial charge in [-0.25, -0.2) is 0 Å². The summed E-state index contributed by atoms with van der Waals surface area (Å²) in [5, 5.41) is 0. The number of rotatable bonds is 0. The molecule has 1 saturated carbocycles.